The van der Waals surface area contributed by atoms with Crippen molar-refractivity contribution in [3.8, 4) is 5.75 Å². The summed E-state index contributed by atoms with van der Waals surface area (Å²) in [7, 11) is 1.54. The van der Waals surface area contributed by atoms with Gasteiger partial charge in [0.25, 0.3) is 5.91 Å². The van der Waals surface area contributed by atoms with E-state index in [0.29, 0.717) is 49.6 Å². The molecule has 0 amide bonds. The van der Waals surface area contributed by atoms with Crippen LogP contribution in [0.25, 0.3) is 10.9 Å². The Labute approximate surface area is 218 Å². The number of ether oxygens (including phenoxy) is 2. The van der Waals surface area contributed by atoms with Gasteiger partial charge in [-0.25, -0.2) is 4.90 Å². The van der Waals surface area contributed by atoms with Crippen LogP contribution in [0.2, 0.25) is 5.02 Å². The van der Waals surface area contributed by atoms with Crippen LogP contribution in [0.5, 0.6) is 5.75 Å². The van der Waals surface area contributed by atoms with E-state index in [1.54, 1.807) is 85.3 Å². The third kappa shape index (κ3) is 4.49. The van der Waals surface area contributed by atoms with Crippen LogP contribution in [0.15, 0.2) is 66.7 Å². The fraction of sp³-hybridized carbons (Fsp3) is 0.214. The molecule has 3 aromatic carbocycles. The summed E-state index contributed by atoms with van der Waals surface area (Å²) in [6, 6.07) is 18.9. The quantitative estimate of drug-likeness (QED) is 0.365. The van der Waals surface area contributed by atoms with Gasteiger partial charge in [0.15, 0.2) is 0 Å². The molecule has 0 bridgehead atoms. The number of carbonyl (C=O) groups is 2. The van der Waals surface area contributed by atoms with E-state index in [9.17, 15) is 19.8 Å². The molecule has 2 heterocycles. The van der Waals surface area contributed by atoms with Crippen LogP contribution in [-0.4, -0.2) is 45.4 Å². The second kappa shape index (κ2) is 9.99. The summed E-state index contributed by atoms with van der Waals surface area (Å²) >= 11 is 5.99. The Morgan fingerprint density at radius 2 is 1.62 bits per heavy atom. The van der Waals surface area contributed by atoms with E-state index >= 15 is 0 Å². The summed E-state index contributed by atoms with van der Waals surface area (Å²) in [5.41, 5.74) is 3.42. The van der Waals surface area contributed by atoms with Crippen LogP contribution >= 0.6 is 11.6 Å². The summed E-state index contributed by atoms with van der Waals surface area (Å²) < 4.78 is 12.4. The van der Waals surface area contributed by atoms with E-state index < -0.39 is 18.4 Å². The minimum absolute atomic E-state index is 0.122. The average Bonchev–Trinajstić information content (AvgIpc) is 3.32. The first-order chi connectivity index (χ1) is 17.8. The highest BCUT2D eigenvalue weighted by atomic mass is 35.5. The van der Waals surface area contributed by atoms with E-state index in [0.717, 1.165) is 0 Å². The molecule has 1 aliphatic heterocycles. The predicted octanol–water partition coefficient (Wildman–Crippen LogP) is 4.34. The number of rotatable bonds is 6. The molecule has 4 aromatic rings. The molecule has 0 spiro atoms. The van der Waals surface area contributed by atoms with Crippen molar-refractivity contribution in [2.24, 2.45) is 0 Å². The lowest BCUT2D eigenvalue weighted by molar-refractivity contribution is -0.167. The Kier molecular flexibility index (Phi) is 6.74. The molecule has 2 N–H and O–H groups in total. The van der Waals surface area contributed by atoms with Crippen LogP contribution in [0.4, 0.5) is 0 Å². The van der Waals surface area contributed by atoms with Gasteiger partial charge in [0.1, 0.15) is 24.9 Å². The van der Waals surface area contributed by atoms with Gasteiger partial charge in [-0.3, -0.25) is 14.2 Å². The first kappa shape index (κ1) is 25.0. The van der Waals surface area contributed by atoms with Crippen molar-refractivity contribution >= 4 is 34.4 Å². The second-order valence-corrected chi connectivity index (χ2v) is 9.24. The first-order valence-corrected chi connectivity index (χ1v) is 12.0. The smallest absolute Gasteiger partial charge is 0.311 e. The summed E-state index contributed by atoms with van der Waals surface area (Å²) in [5, 5.41) is 22.3. The lowest BCUT2D eigenvalue weighted by Gasteiger charge is -2.23. The molecule has 0 saturated heterocycles. The zero-order chi connectivity index (χ0) is 26.3. The van der Waals surface area contributed by atoms with Gasteiger partial charge in [-0.15, -0.1) is 0 Å². The molecule has 0 saturated carbocycles. The number of benzene rings is 3. The highest BCUT2D eigenvalue weighted by Gasteiger charge is 2.36. The van der Waals surface area contributed by atoms with Crippen LogP contribution in [-0.2, 0) is 16.0 Å². The average molecular weight is 521 g/mol. The Morgan fingerprint density at radius 3 is 2.24 bits per heavy atom. The van der Waals surface area contributed by atoms with Gasteiger partial charge >= 0.3 is 5.97 Å². The number of aromatic nitrogens is 1. The molecule has 9 heteroatoms. The zero-order valence-corrected chi connectivity index (χ0v) is 21.0. The molecule has 0 fully saturated rings. The van der Waals surface area contributed by atoms with Gasteiger partial charge in [-0.05, 0) is 55.0 Å². The zero-order valence-electron chi connectivity index (χ0n) is 20.2. The second-order valence-electron chi connectivity index (χ2n) is 8.81. The molecule has 37 heavy (non-hydrogen) atoms. The Balaban J connectivity index is 1.41. The van der Waals surface area contributed by atoms with Crippen molar-refractivity contribution in [2.45, 2.75) is 25.8 Å². The molecular formula is C28H25ClN2O6. The van der Waals surface area contributed by atoms with E-state index in [4.69, 9.17) is 21.1 Å². The molecule has 0 radical (unpaired) electrons. The molecule has 2 atom stereocenters. The van der Waals surface area contributed by atoms with Gasteiger partial charge in [0.2, 0.25) is 0 Å². The fourth-order valence-electron chi connectivity index (χ4n) is 4.75. The van der Waals surface area contributed by atoms with Gasteiger partial charge in [-0.2, -0.15) is 0 Å². The number of carbonyl (C=O) groups excluding carboxylic acids is 2. The number of hydrogen-bond donors (Lipinski definition) is 2. The SMILES string of the molecule is COc1ccc2c(c1)c(CC(=O)OCN1C(O)c3ccccc3C1O)c(C)n2C(=O)c1ccc(Cl)cc1. The van der Waals surface area contributed by atoms with Crippen LogP contribution in [0.1, 0.15) is 45.2 Å². The van der Waals surface area contributed by atoms with E-state index in [2.05, 4.69) is 0 Å². The van der Waals surface area contributed by atoms with Gasteiger partial charge < -0.3 is 19.7 Å². The summed E-state index contributed by atoms with van der Waals surface area (Å²) in [4.78, 5) is 27.7. The van der Waals surface area contributed by atoms with Crippen molar-refractivity contribution in [2.75, 3.05) is 13.8 Å². The number of methoxy groups -OCH3 is 1. The van der Waals surface area contributed by atoms with Crippen LogP contribution in [0.3, 0.4) is 0 Å². The Morgan fingerprint density at radius 1 is 0.973 bits per heavy atom. The maximum absolute atomic E-state index is 13.4. The summed E-state index contributed by atoms with van der Waals surface area (Å²) in [5.74, 6) is -0.247. The number of aliphatic hydroxyl groups excluding tert-OH is 2. The highest BCUT2D eigenvalue weighted by Crippen LogP contribution is 2.38. The molecule has 8 nitrogen and oxygen atoms in total. The molecule has 1 aromatic heterocycles. The molecule has 1 aliphatic rings. The minimum Gasteiger partial charge on any atom is -0.497 e. The number of hydrogen-bond acceptors (Lipinski definition) is 7. The topological polar surface area (TPSA) is 101 Å². The van der Waals surface area contributed by atoms with Gasteiger partial charge in [-0.1, -0.05) is 35.9 Å². The minimum atomic E-state index is -1.09. The van der Waals surface area contributed by atoms with Crippen molar-refractivity contribution in [1.29, 1.82) is 0 Å². The van der Waals surface area contributed by atoms with Crippen molar-refractivity contribution in [3.63, 3.8) is 0 Å². The largest absolute Gasteiger partial charge is 0.497 e. The Bertz CT molecular complexity index is 1470. The number of aliphatic hydroxyl groups is 2. The number of esters is 1. The Hall–Kier alpha value is -3.69. The molecule has 5 rings (SSSR count). The molecular weight excluding hydrogens is 496 g/mol. The van der Waals surface area contributed by atoms with Gasteiger partial charge in [0, 0.05) is 32.8 Å². The van der Waals surface area contributed by atoms with E-state index in [1.807, 2.05) is 0 Å². The maximum atomic E-state index is 13.4. The van der Waals surface area contributed by atoms with E-state index in [1.165, 1.54) is 4.90 Å². The van der Waals surface area contributed by atoms with Crippen molar-refractivity contribution < 1.29 is 29.3 Å². The third-order valence-corrected chi connectivity index (χ3v) is 6.96. The molecule has 2 unspecified atom stereocenters. The number of halogens is 1. The lowest BCUT2D eigenvalue weighted by Crippen LogP contribution is -2.30. The summed E-state index contributed by atoms with van der Waals surface area (Å²) in [6.45, 7) is 1.47. The monoisotopic (exact) mass is 520 g/mol. The van der Waals surface area contributed by atoms with Crippen LogP contribution < -0.4 is 4.74 Å². The fourth-order valence-corrected chi connectivity index (χ4v) is 4.88. The summed E-state index contributed by atoms with van der Waals surface area (Å²) in [6.07, 6.45) is -2.31. The lowest BCUT2D eigenvalue weighted by atomic mass is 10.1. The van der Waals surface area contributed by atoms with Crippen LogP contribution in [0, 0.1) is 6.92 Å². The van der Waals surface area contributed by atoms with Gasteiger partial charge in [0.05, 0.1) is 19.0 Å². The van der Waals surface area contributed by atoms with Crippen molar-refractivity contribution in [3.05, 3.63) is 99.7 Å². The van der Waals surface area contributed by atoms with Crippen molar-refractivity contribution in [1.82, 2.24) is 9.47 Å². The van der Waals surface area contributed by atoms with E-state index in [-0.39, 0.29) is 19.1 Å². The predicted molar refractivity (Wildman–Crippen MR) is 137 cm³/mol. The molecule has 190 valence electrons. The molecule has 0 aliphatic carbocycles. The third-order valence-electron chi connectivity index (χ3n) is 6.71. The normalized spacial score (nSPS) is 17.1. The first-order valence-electron chi connectivity index (χ1n) is 11.6. The number of fused-ring (bicyclic) bond motifs is 2. The highest BCUT2D eigenvalue weighted by molar-refractivity contribution is 6.30. The maximum Gasteiger partial charge on any atom is 0.311 e. The standard InChI is InChI=1S/C28H25ClN2O6/c1-16-22(14-25(32)37-15-30-27(34)20-5-3-4-6-21(20)28(30)35)23-13-19(36-2)11-12-24(23)31(16)26(33)17-7-9-18(29)10-8-17/h3-13,27-28,34-35H,14-15H2,1-2H3. The number of nitrogens with zero attached hydrogens (tertiary/aromatic N) is 2.